The summed E-state index contributed by atoms with van der Waals surface area (Å²) in [6, 6.07) is 12.1. The van der Waals surface area contributed by atoms with E-state index in [0.29, 0.717) is 17.0 Å². The minimum atomic E-state index is -4.29. The fourth-order valence-corrected chi connectivity index (χ4v) is 7.71. The molecule has 18 heteroatoms. The summed E-state index contributed by atoms with van der Waals surface area (Å²) in [7, 11) is -4.29. The van der Waals surface area contributed by atoms with E-state index in [1.54, 1.807) is 33.2 Å². The van der Waals surface area contributed by atoms with Gasteiger partial charge in [-0.25, -0.2) is 13.2 Å². The first-order valence-electron chi connectivity index (χ1n) is 19.7. The van der Waals surface area contributed by atoms with E-state index >= 15 is 0 Å². The zero-order valence-corrected chi connectivity index (χ0v) is 34.9. The molecule has 2 aliphatic rings. The van der Waals surface area contributed by atoms with Gasteiger partial charge in [0.15, 0.2) is 0 Å². The van der Waals surface area contributed by atoms with Gasteiger partial charge in [0.05, 0.1) is 35.9 Å². The number of amides is 2. The number of rotatable bonds is 22. The average molecular weight is 863 g/mol. The van der Waals surface area contributed by atoms with E-state index in [2.05, 4.69) is 20.3 Å². The number of aromatic nitrogens is 1. The molecule has 0 radical (unpaired) electrons. The number of nitrogens with one attached hydrogen (secondary N) is 3. The Bertz CT molecular complexity index is 2010. The van der Waals surface area contributed by atoms with Crippen LogP contribution in [0.15, 0.2) is 65.8 Å². The molecule has 324 valence electrons. The van der Waals surface area contributed by atoms with Crippen molar-refractivity contribution in [3.8, 4) is 16.9 Å². The van der Waals surface area contributed by atoms with Crippen LogP contribution in [0.4, 0.5) is 4.79 Å². The Morgan fingerprint density at radius 3 is 2.36 bits per heavy atom. The second kappa shape index (κ2) is 20.1. The first-order chi connectivity index (χ1) is 27.9. The van der Waals surface area contributed by atoms with Gasteiger partial charge in [-0.1, -0.05) is 29.8 Å². The Kier molecular flexibility index (Phi) is 15.7. The second-order valence-electron chi connectivity index (χ2n) is 15.9. The Labute approximate surface area is 349 Å². The first kappa shape index (κ1) is 46.2. The summed E-state index contributed by atoms with van der Waals surface area (Å²) >= 11 is 6.59. The third kappa shape index (κ3) is 13.0. The molecule has 0 spiro atoms. The lowest BCUT2D eigenvalue weighted by atomic mass is 9.96. The molecule has 0 aliphatic heterocycles. The zero-order valence-electron chi connectivity index (χ0n) is 33.3. The van der Waals surface area contributed by atoms with Crippen molar-refractivity contribution in [1.82, 2.24) is 20.3 Å². The highest BCUT2D eigenvalue weighted by Crippen LogP contribution is 2.53. The number of para-hydroxylation sites is 1. The predicted molar refractivity (Wildman–Crippen MR) is 217 cm³/mol. The lowest BCUT2D eigenvalue weighted by molar-refractivity contribution is -0.157. The van der Waals surface area contributed by atoms with Crippen molar-refractivity contribution >= 4 is 33.6 Å². The molecule has 0 bridgehead atoms. The highest BCUT2D eigenvalue weighted by atomic mass is 35.5. The van der Waals surface area contributed by atoms with Crippen molar-refractivity contribution in [3.63, 3.8) is 0 Å². The third-order valence-electron chi connectivity index (χ3n) is 9.83. The van der Waals surface area contributed by atoms with Crippen molar-refractivity contribution in [3.05, 3.63) is 77.1 Å². The zero-order chi connectivity index (χ0) is 43.0. The molecule has 2 aromatic carbocycles. The monoisotopic (exact) mass is 862 g/mol. The molecule has 2 aliphatic carbocycles. The molecule has 0 unspecified atom stereocenters. The van der Waals surface area contributed by atoms with Crippen molar-refractivity contribution in [2.45, 2.75) is 125 Å². The van der Waals surface area contributed by atoms with Gasteiger partial charge in [0, 0.05) is 41.6 Å². The lowest BCUT2D eigenvalue weighted by Gasteiger charge is -2.25. The summed E-state index contributed by atoms with van der Waals surface area (Å²) in [5.74, 6) is 0.0145. The van der Waals surface area contributed by atoms with Crippen LogP contribution in [-0.2, 0) is 36.5 Å². The number of ether oxygens (including phenoxy) is 3. The van der Waals surface area contributed by atoms with Crippen molar-refractivity contribution in [2.24, 2.45) is 0 Å². The maximum atomic E-state index is 13.8. The van der Waals surface area contributed by atoms with Crippen LogP contribution in [-0.4, -0.2) is 113 Å². The van der Waals surface area contributed by atoms with Crippen LogP contribution >= 0.6 is 11.6 Å². The molecule has 5 atom stereocenters. The molecule has 8 N–H and O–H groups in total. The molecule has 1 aromatic heterocycles. The molecule has 5 rings (SSSR count). The number of pyridine rings is 1. The summed E-state index contributed by atoms with van der Waals surface area (Å²) in [5, 5.41) is 53.2. The van der Waals surface area contributed by atoms with Gasteiger partial charge in [-0.05, 0) is 107 Å². The summed E-state index contributed by atoms with van der Waals surface area (Å²) in [6.45, 7) is 3.79. The van der Waals surface area contributed by atoms with Gasteiger partial charge >= 0.3 is 12.0 Å². The molecule has 59 heavy (non-hydrogen) atoms. The number of urea groups is 1. The number of carbonyl (C=O) groups is 2. The first-order valence-corrected chi connectivity index (χ1v) is 21.5. The van der Waals surface area contributed by atoms with Crippen molar-refractivity contribution < 1.29 is 57.8 Å². The largest absolute Gasteiger partial charge is 0.490 e. The van der Waals surface area contributed by atoms with E-state index in [-0.39, 0.29) is 37.0 Å². The van der Waals surface area contributed by atoms with E-state index < -0.39 is 76.8 Å². The van der Waals surface area contributed by atoms with Gasteiger partial charge in [-0.2, -0.15) is 4.72 Å². The van der Waals surface area contributed by atoms with Gasteiger partial charge in [0.1, 0.15) is 35.7 Å². The molecule has 1 heterocycles. The number of unbranched alkanes of at least 4 members (excludes halogenated alkanes) is 1. The van der Waals surface area contributed by atoms with E-state index in [1.807, 2.05) is 30.3 Å². The van der Waals surface area contributed by atoms with Crippen molar-refractivity contribution in [2.75, 3.05) is 19.7 Å². The van der Waals surface area contributed by atoms with Gasteiger partial charge in [0.2, 0.25) is 10.0 Å². The number of halogens is 1. The number of aliphatic hydroxyl groups excluding tert-OH is 5. The molecule has 2 fully saturated rings. The minimum absolute atomic E-state index is 0.00115. The lowest BCUT2D eigenvalue weighted by Crippen LogP contribution is -2.50. The van der Waals surface area contributed by atoms with Crippen LogP contribution in [0.2, 0.25) is 5.02 Å². The van der Waals surface area contributed by atoms with E-state index in [4.69, 9.17) is 30.9 Å². The van der Waals surface area contributed by atoms with Crippen LogP contribution in [0, 0.1) is 0 Å². The Morgan fingerprint density at radius 1 is 0.966 bits per heavy atom. The quantitative estimate of drug-likeness (QED) is 0.0536. The fourth-order valence-electron chi connectivity index (χ4n) is 6.27. The number of aliphatic hydroxyl groups is 5. The molecule has 2 saturated carbocycles. The summed E-state index contributed by atoms with van der Waals surface area (Å²) in [5.41, 5.74) is 1.64. The number of nitrogens with zero attached hydrogens (tertiary/aromatic N) is 1. The minimum Gasteiger partial charge on any atom is -0.490 e. The fraction of sp³-hybridized carbons (Fsp3) is 0.537. The van der Waals surface area contributed by atoms with E-state index in [1.165, 1.54) is 18.2 Å². The van der Waals surface area contributed by atoms with Crippen LogP contribution < -0.4 is 20.1 Å². The SMILES string of the molecule is CC(C)(C)OC(=O)[C@H](CCCCNC(=O)NC[C@H](O)[C@@H](O)[C@H](O)[C@H](O)CO)NS(=O)(=O)c1ccc(Cl)c(COC2(c3cnccc3-c3ccccc3OC3CC3)CC2)c1. The maximum Gasteiger partial charge on any atom is 0.324 e. The summed E-state index contributed by atoms with van der Waals surface area (Å²) in [4.78, 5) is 29.8. The van der Waals surface area contributed by atoms with Gasteiger partial charge in [-0.15, -0.1) is 0 Å². The standard InChI is InChI=1S/C41H55ClN4O12S/c1-40(2,3)58-38(52)32(9-6-7-18-44-39(53)45-22-33(48)36(50)37(51)34(49)23-47)46-59(54,55)27-13-14-31(42)25(20-27)24-56-41(16-17-41)30-21-43-19-15-28(30)29-8-4-5-10-35(29)57-26-11-12-26/h4-5,8,10,13-15,19-21,26,32-34,36-37,46-51H,6-7,9,11-12,16-18,22-24H2,1-3H3,(H2,44,45,53)/t32-,33-,34+,36+,37+/m0/s1. The second-order valence-corrected chi connectivity index (χ2v) is 18.0. The Hall–Kier alpha value is -3.91. The van der Waals surface area contributed by atoms with Gasteiger partial charge in [0.25, 0.3) is 0 Å². The van der Waals surface area contributed by atoms with Crippen LogP contribution in [0.25, 0.3) is 11.1 Å². The number of esters is 1. The predicted octanol–water partition coefficient (Wildman–Crippen LogP) is 3.04. The summed E-state index contributed by atoms with van der Waals surface area (Å²) < 4.78 is 48.4. The number of benzene rings is 2. The van der Waals surface area contributed by atoms with Crippen molar-refractivity contribution in [1.29, 1.82) is 0 Å². The highest BCUT2D eigenvalue weighted by molar-refractivity contribution is 7.89. The number of sulfonamides is 1. The molecular formula is C41H55ClN4O12S. The average Bonchev–Trinajstić information content (AvgIpc) is 4.15. The number of hydrogen-bond donors (Lipinski definition) is 8. The summed E-state index contributed by atoms with van der Waals surface area (Å²) in [6.07, 6.45) is 0.891. The Morgan fingerprint density at radius 2 is 1.68 bits per heavy atom. The van der Waals surface area contributed by atoms with E-state index in [0.717, 1.165) is 48.1 Å². The molecule has 16 nitrogen and oxygen atoms in total. The number of hydrogen-bond acceptors (Lipinski definition) is 13. The van der Waals surface area contributed by atoms with Crippen LogP contribution in [0.1, 0.15) is 76.8 Å². The molecular weight excluding hydrogens is 808 g/mol. The van der Waals surface area contributed by atoms with Gasteiger partial charge in [-0.3, -0.25) is 9.78 Å². The molecule has 0 saturated heterocycles. The highest BCUT2D eigenvalue weighted by Gasteiger charge is 2.48. The molecule has 3 aromatic rings. The van der Waals surface area contributed by atoms with E-state index in [9.17, 15) is 38.4 Å². The normalized spacial score (nSPS) is 17.6. The van der Waals surface area contributed by atoms with Gasteiger partial charge < -0.3 is 50.4 Å². The molecule has 2 amide bonds. The topological polar surface area (TPSA) is 246 Å². The number of carbonyl (C=O) groups excluding carboxylic acids is 2. The maximum absolute atomic E-state index is 13.8. The Balaban J connectivity index is 1.20. The third-order valence-corrected chi connectivity index (χ3v) is 11.7. The van der Waals surface area contributed by atoms with Crippen LogP contribution in [0.3, 0.4) is 0 Å². The smallest absolute Gasteiger partial charge is 0.324 e. The van der Waals surface area contributed by atoms with Crippen LogP contribution in [0.5, 0.6) is 5.75 Å².